The number of nitrogens with zero attached hydrogens (tertiary/aromatic N) is 3. The van der Waals surface area contributed by atoms with Crippen molar-refractivity contribution in [3.63, 3.8) is 0 Å². The van der Waals surface area contributed by atoms with Crippen LogP contribution in [0.3, 0.4) is 0 Å². The number of nitrogens with one attached hydrogen (secondary N) is 2. The molecule has 0 saturated carbocycles. The van der Waals surface area contributed by atoms with Crippen molar-refractivity contribution >= 4 is 35.5 Å². The van der Waals surface area contributed by atoms with Gasteiger partial charge in [0.05, 0.1) is 13.0 Å². The highest BCUT2D eigenvalue weighted by Crippen LogP contribution is 2.22. The van der Waals surface area contributed by atoms with Gasteiger partial charge in [-0.25, -0.2) is 9.59 Å². The van der Waals surface area contributed by atoms with E-state index in [9.17, 15) is 19.2 Å². The van der Waals surface area contributed by atoms with Crippen LogP contribution >= 0.6 is 0 Å². The Hall–Kier alpha value is -3.83. The van der Waals surface area contributed by atoms with E-state index >= 15 is 0 Å². The van der Waals surface area contributed by atoms with E-state index in [2.05, 4.69) is 15.8 Å². The SMILES string of the molecule is CCCCOC(=O)CCNC(=O)N[C@H]1CCN(c2ccc(C(N)=NOC(=O)N(C)C)cc2)C1=O. The maximum Gasteiger partial charge on any atom is 0.435 e. The van der Waals surface area contributed by atoms with Gasteiger partial charge in [0.2, 0.25) is 5.91 Å². The highest BCUT2D eigenvalue weighted by Gasteiger charge is 2.33. The molecule has 1 aromatic rings. The zero-order valence-electron chi connectivity index (χ0n) is 19.7. The number of nitrogens with two attached hydrogens (primary N) is 1. The predicted molar refractivity (Wildman–Crippen MR) is 125 cm³/mol. The van der Waals surface area contributed by atoms with Crippen LogP contribution in [0.5, 0.6) is 0 Å². The first-order valence-electron chi connectivity index (χ1n) is 11.1. The monoisotopic (exact) mass is 476 g/mol. The number of rotatable bonds is 10. The summed E-state index contributed by atoms with van der Waals surface area (Å²) >= 11 is 0. The molecule has 4 N–H and O–H groups in total. The minimum Gasteiger partial charge on any atom is -0.466 e. The van der Waals surface area contributed by atoms with Gasteiger partial charge >= 0.3 is 18.1 Å². The average molecular weight is 477 g/mol. The van der Waals surface area contributed by atoms with E-state index < -0.39 is 18.2 Å². The number of unbranched alkanes of at least 4 members (excludes halogenated alkanes) is 1. The number of ether oxygens (including phenoxy) is 1. The highest BCUT2D eigenvalue weighted by atomic mass is 16.7. The van der Waals surface area contributed by atoms with E-state index in [4.69, 9.17) is 15.3 Å². The number of carbonyl (C=O) groups is 4. The molecule has 0 radical (unpaired) electrons. The smallest absolute Gasteiger partial charge is 0.435 e. The third-order valence-corrected chi connectivity index (χ3v) is 4.95. The van der Waals surface area contributed by atoms with Crippen LogP contribution in [-0.2, 0) is 19.2 Å². The first-order chi connectivity index (χ1) is 16.2. The Morgan fingerprint density at radius 1 is 1.24 bits per heavy atom. The molecule has 0 spiro atoms. The van der Waals surface area contributed by atoms with Crippen LogP contribution < -0.4 is 21.3 Å². The fourth-order valence-corrected chi connectivity index (χ4v) is 2.99. The molecule has 0 bridgehead atoms. The molecule has 12 heteroatoms. The van der Waals surface area contributed by atoms with Gasteiger partial charge in [0.15, 0.2) is 5.84 Å². The zero-order valence-corrected chi connectivity index (χ0v) is 19.7. The number of carbonyl (C=O) groups excluding carboxylic acids is 4. The van der Waals surface area contributed by atoms with E-state index in [1.165, 1.54) is 19.0 Å². The molecule has 1 aliphatic heterocycles. The molecular formula is C22H32N6O6. The molecule has 12 nitrogen and oxygen atoms in total. The topological polar surface area (TPSA) is 156 Å². The molecule has 0 aliphatic carbocycles. The van der Waals surface area contributed by atoms with Gasteiger partial charge in [0.25, 0.3) is 0 Å². The number of anilines is 1. The van der Waals surface area contributed by atoms with Crippen molar-refractivity contribution in [1.82, 2.24) is 15.5 Å². The summed E-state index contributed by atoms with van der Waals surface area (Å²) in [6.07, 6.45) is 1.58. The van der Waals surface area contributed by atoms with E-state index in [-0.39, 0.29) is 30.7 Å². The standard InChI is InChI=1S/C22H32N6O6/c1-4-5-14-33-18(29)10-12-24-21(31)25-17-11-13-28(20(17)30)16-8-6-15(7-9-16)19(23)26-34-22(32)27(2)3/h6-9,17H,4-5,10-14H2,1-3H3,(H2,23,26)(H2,24,25,31)/t17-/m0/s1. The van der Waals surface area contributed by atoms with Crippen molar-refractivity contribution in [2.45, 2.75) is 38.6 Å². The summed E-state index contributed by atoms with van der Waals surface area (Å²) in [6.45, 7) is 2.92. The van der Waals surface area contributed by atoms with Gasteiger partial charge in [0, 0.05) is 38.4 Å². The van der Waals surface area contributed by atoms with Gasteiger partial charge in [-0.05, 0) is 37.1 Å². The van der Waals surface area contributed by atoms with E-state index in [0.717, 1.165) is 12.8 Å². The number of amidine groups is 1. The number of amides is 4. The quantitative estimate of drug-likeness (QED) is 0.114. The number of benzene rings is 1. The molecule has 1 heterocycles. The Morgan fingerprint density at radius 3 is 2.59 bits per heavy atom. The number of esters is 1. The van der Waals surface area contributed by atoms with Crippen LogP contribution in [0.2, 0.25) is 0 Å². The molecule has 1 fully saturated rings. The van der Waals surface area contributed by atoms with Crippen molar-refractivity contribution in [2.24, 2.45) is 10.9 Å². The van der Waals surface area contributed by atoms with Crippen LogP contribution in [-0.4, -0.2) is 74.6 Å². The molecule has 1 aromatic carbocycles. The second kappa shape index (κ2) is 13.0. The molecule has 34 heavy (non-hydrogen) atoms. The first-order valence-corrected chi connectivity index (χ1v) is 11.1. The van der Waals surface area contributed by atoms with Crippen LogP contribution in [0.4, 0.5) is 15.3 Å². The molecular weight excluding hydrogens is 444 g/mol. The Labute approximate surface area is 198 Å². The van der Waals surface area contributed by atoms with Crippen LogP contribution in [0, 0.1) is 0 Å². The van der Waals surface area contributed by atoms with Gasteiger partial charge < -0.3 is 30.9 Å². The summed E-state index contributed by atoms with van der Waals surface area (Å²) in [5.41, 5.74) is 6.98. The summed E-state index contributed by atoms with van der Waals surface area (Å²) < 4.78 is 5.02. The molecule has 1 atom stereocenters. The summed E-state index contributed by atoms with van der Waals surface area (Å²) in [7, 11) is 3.04. The largest absolute Gasteiger partial charge is 0.466 e. The highest BCUT2D eigenvalue weighted by molar-refractivity contribution is 6.02. The fraction of sp³-hybridized carbons (Fsp3) is 0.500. The lowest BCUT2D eigenvalue weighted by Gasteiger charge is -2.18. The minimum atomic E-state index is -0.673. The predicted octanol–water partition coefficient (Wildman–Crippen LogP) is 1.14. The molecule has 186 valence electrons. The molecule has 4 amide bonds. The second-order valence-electron chi connectivity index (χ2n) is 7.83. The van der Waals surface area contributed by atoms with Gasteiger partial charge in [0.1, 0.15) is 6.04 Å². The lowest BCUT2D eigenvalue weighted by atomic mass is 10.2. The summed E-state index contributed by atoms with van der Waals surface area (Å²) in [4.78, 5) is 55.3. The van der Waals surface area contributed by atoms with Crippen molar-refractivity contribution in [1.29, 1.82) is 0 Å². The Kier molecular flexibility index (Phi) is 10.1. The maximum atomic E-state index is 12.7. The second-order valence-corrected chi connectivity index (χ2v) is 7.83. The fourth-order valence-electron chi connectivity index (χ4n) is 2.99. The van der Waals surface area contributed by atoms with E-state index in [0.29, 0.717) is 30.8 Å². The molecule has 2 rings (SSSR count). The Morgan fingerprint density at radius 2 is 1.94 bits per heavy atom. The number of urea groups is 1. The van der Waals surface area contributed by atoms with Gasteiger partial charge in [-0.3, -0.25) is 14.4 Å². The molecule has 0 aromatic heterocycles. The number of oxime groups is 1. The summed E-state index contributed by atoms with van der Waals surface area (Å²) in [5.74, 6) is -0.606. The number of hydrogen-bond acceptors (Lipinski definition) is 7. The lowest BCUT2D eigenvalue weighted by molar-refractivity contribution is -0.143. The molecule has 0 unspecified atom stereocenters. The van der Waals surface area contributed by atoms with Crippen LogP contribution in [0.1, 0.15) is 38.2 Å². The van der Waals surface area contributed by atoms with Gasteiger partial charge in [-0.1, -0.05) is 18.5 Å². The maximum absolute atomic E-state index is 12.7. The van der Waals surface area contributed by atoms with Crippen LogP contribution in [0.15, 0.2) is 29.4 Å². The third kappa shape index (κ3) is 7.94. The Balaban J connectivity index is 1.82. The van der Waals surface area contributed by atoms with Crippen molar-refractivity contribution in [2.75, 3.05) is 38.7 Å². The molecule has 1 aliphatic rings. The van der Waals surface area contributed by atoms with Crippen molar-refractivity contribution in [3.8, 4) is 0 Å². The third-order valence-electron chi connectivity index (χ3n) is 4.95. The average Bonchev–Trinajstić information content (AvgIpc) is 3.17. The van der Waals surface area contributed by atoms with Crippen molar-refractivity contribution < 1.29 is 28.8 Å². The summed E-state index contributed by atoms with van der Waals surface area (Å²) in [5, 5.41) is 8.80. The first kappa shape index (κ1) is 26.4. The van der Waals surface area contributed by atoms with E-state index in [1.807, 2.05) is 6.92 Å². The number of hydrogen-bond donors (Lipinski definition) is 3. The summed E-state index contributed by atoms with van der Waals surface area (Å²) in [6, 6.07) is 5.49. The minimum absolute atomic E-state index is 0.0138. The zero-order chi connectivity index (χ0) is 25.1. The van der Waals surface area contributed by atoms with Crippen LogP contribution in [0.25, 0.3) is 0 Å². The molecule has 1 saturated heterocycles. The van der Waals surface area contributed by atoms with Gasteiger partial charge in [-0.15, -0.1) is 0 Å². The normalized spacial score (nSPS) is 15.6. The van der Waals surface area contributed by atoms with Crippen molar-refractivity contribution in [3.05, 3.63) is 29.8 Å². The van der Waals surface area contributed by atoms with E-state index in [1.54, 1.807) is 29.2 Å². The van der Waals surface area contributed by atoms with Gasteiger partial charge in [-0.2, -0.15) is 0 Å². The Bertz CT molecular complexity index is 902. The lowest BCUT2D eigenvalue weighted by Crippen LogP contribution is -2.46.